The molecule has 194 valence electrons. The van der Waals surface area contributed by atoms with E-state index in [1.807, 2.05) is 0 Å². The normalized spacial score (nSPS) is 24.4. The summed E-state index contributed by atoms with van der Waals surface area (Å²) in [5.74, 6) is -1.54. The molecule has 3 fully saturated rings. The molecule has 0 N–H and O–H groups in total. The summed E-state index contributed by atoms with van der Waals surface area (Å²) in [5, 5.41) is 0.391. The molecule has 0 bridgehead atoms. The maximum absolute atomic E-state index is 14.2. The fourth-order valence-corrected chi connectivity index (χ4v) is 7.60. The van der Waals surface area contributed by atoms with E-state index in [1.54, 1.807) is 4.90 Å². The largest absolute Gasteiger partial charge is 0.441 e. The summed E-state index contributed by atoms with van der Waals surface area (Å²) in [6.07, 6.45) is 5.04. The quantitative estimate of drug-likeness (QED) is 0.464. The standard InChI is InChI=1S/C26H29ClF2N2O4S/c27-19-7-9-22(10-8-19)36(33,34)31-23(18-15-20(28)17-21(29)16-18)5-4-6-24(31)26(11-12-26)35-25(32)30-13-2-1-3-14-30/h7-10,15-17,23-24H,1-6,11-14H2/t23-,24+/m0/s1. The van der Waals surface area contributed by atoms with Crippen LogP contribution in [-0.2, 0) is 14.8 Å². The zero-order chi connectivity index (χ0) is 25.5. The first-order valence-electron chi connectivity index (χ1n) is 12.4. The van der Waals surface area contributed by atoms with E-state index in [2.05, 4.69) is 0 Å². The summed E-state index contributed by atoms with van der Waals surface area (Å²) in [6.45, 7) is 1.25. The number of sulfonamides is 1. The highest BCUT2D eigenvalue weighted by Crippen LogP contribution is 2.52. The SMILES string of the molecule is O=C(OC1([C@H]2CCC[C@@H](c3cc(F)cc(F)c3)N2S(=O)(=O)c2ccc(Cl)cc2)CC1)N1CCCCC1. The van der Waals surface area contributed by atoms with Gasteiger partial charge in [-0.05, 0) is 93.3 Å². The van der Waals surface area contributed by atoms with Gasteiger partial charge < -0.3 is 9.64 Å². The molecule has 0 radical (unpaired) electrons. The minimum atomic E-state index is -4.13. The summed E-state index contributed by atoms with van der Waals surface area (Å²) in [4.78, 5) is 14.7. The van der Waals surface area contributed by atoms with Gasteiger partial charge in [0.15, 0.2) is 0 Å². The van der Waals surface area contributed by atoms with Crippen LogP contribution in [0.3, 0.4) is 0 Å². The van der Waals surface area contributed by atoms with Crippen LogP contribution in [0.1, 0.15) is 63.0 Å². The molecule has 2 aromatic carbocycles. The van der Waals surface area contributed by atoms with E-state index in [1.165, 1.54) is 40.7 Å². The molecule has 3 aliphatic rings. The van der Waals surface area contributed by atoms with Gasteiger partial charge in [0, 0.05) is 24.2 Å². The number of halogens is 3. The van der Waals surface area contributed by atoms with Gasteiger partial charge in [-0.2, -0.15) is 4.31 Å². The smallest absolute Gasteiger partial charge is 0.410 e. The summed E-state index contributed by atoms with van der Waals surface area (Å²) < 4.78 is 63.9. The number of carbonyl (C=O) groups is 1. The number of benzene rings is 2. The van der Waals surface area contributed by atoms with Crippen molar-refractivity contribution in [2.45, 2.75) is 73.9 Å². The van der Waals surface area contributed by atoms with E-state index in [0.29, 0.717) is 50.2 Å². The summed E-state index contributed by atoms with van der Waals surface area (Å²) in [5.41, 5.74) is -0.716. The first-order chi connectivity index (χ1) is 17.2. The second kappa shape index (κ2) is 9.91. The number of carbonyl (C=O) groups excluding carboxylic acids is 1. The first-order valence-corrected chi connectivity index (χ1v) is 14.2. The number of hydrogen-bond donors (Lipinski definition) is 0. The van der Waals surface area contributed by atoms with E-state index < -0.39 is 45.4 Å². The lowest BCUT2D eigenvalue weighted by atomic mass is 9.90. The molecule has 2 aromatic rings. The lowest BCUT2D eigenvalue weighted by Crippen LogP contribution is -2.54. The monoisotopic (exact) mass is 538 g/mol. The maximum atomic E-state index is 14.2. The van der Waals surface area contributed by atoms with Crippen molar-refractivity contribution < 1.29 is 26.7 Å². The molecule has 1 aliphatic carbocycles. The molecule has 2 heterocycles. The van der Waals surface area contributed by atoms with Crippen LogP contribution in [0, 0.1) is 11.6 Å². The molecule has 1 saturated carbocycles. The second-order valence-electron chi connectivity index (χ2n) is 9.93. The minimum absolute atomic E-state index is 0.0267. The fraction of sp³-hybridized carbons (Fsp3) is 0.500. The third-order valence-electron chi connectivity index (χ3n) is 7.48. The summed E-state index contributed by atoms with van der Waals surface area (Å²) in [6, 6.07) is 7.50. The molecule has 36 heavy (non-hydrogen) atoms. The Morgan fingerprint density at radius 1 is 0.944 bits per heavy atom. The average Bonchev–Trinajstić information content (AvgIpc) is 3.64. The fourth-order valence-electron chi connectivity index (χ4n) is 5.56. The third kappa shape index (κ3) is 4.97. The Labute approximate surface area is 215 Å². The van der Waals surface area contributed by atoms with E-state index in [4.69, 9.17) is 16.3 Å². The Kier molecular flexibility index (Phi) is 7.00. The van der Waals surface area contributed by atoms with Gasteiger partial charge in [-0.15, -0.1) is 0 Å². The van der Waals surface area contributed by atoms with Crippen molar-refractivity contribution in [3.8, 4) is 0 Å². The second-order valence-corrected chi connectivity index (χ2v) is 12.2. The molecule has 2 atom stereocenters. The molecule has 10 heteroatoms. The Bertz CT molecular complexity index is 1210. The molecule has 0 unspecified atom stereocenters. The number of likely N-dealkylation sites (tertiary alicyclic amines) is 1. The Balaban J connectivity index is 1.54. The van der Waals surface area contributed by atoms with Crippen LogP contribution >= 0.6 is 11.6 Å². The molecule has 0 spiro atoms. The number of nitrogens with zero attached hydrogens (tertiary/aromatic N) is 2. The topological polar surface area (TPSA) is 66.9 Å². The van der Waals surface area contributed by atoms with Crippen LogP contribution in [-0.4, -0.2) is 48.4 Å². The minimum Gasteiger partial charge on any atom is -0.441 e. The van der Waals surface area contributed by atoms with E-state index in [9.17, 15) is 22.0 Å². The van der Waals surface area contributed by atoms with Crippen molar-refractivity contribution in [2.24, 2.45) is 0 Å². The van der Waals surface area contributed by atoms with Gasteiger partial charge in [0.05, 0.1) is 17.0 Å². The number of hydrogen-bond acceptors (Lipinski definition) is 4. The molecule has 2 saturated heterocycles. The van der Waals surface area contributed by atoms with Crippen LogP contribution < -0.4 is 0 Å². The van der Waals surface area contributed by atoms with Crippen LogP contribution in [0.2, 0.25) is 5.02 Å². The molecule has 2 aliphatic heterocycles. The van der Waals surface area contributed by atoms with Crippen molar-refractivity contribution in [3.05, 3.63) is 64.7 Å². The number of piperidine rings is 2. The van der Waals surface area contributed by atoms with Crippen LogP contribution in [0.15, 0.2) is 47.4 Å². The molecule has 1 amide bonds. The Morgan fingerprint density at radius 3 is 2.19 bits per heavy atom. The Morgan fingerprint density at radius 2 is 1.58 bits per heavy atom. The lowest BCUT2D eigenvalue weighted by molar-refractivity contribution is -0.0105. The molecular formula is C26H29ClF2N2O4S. The average molecular weight is 539 g/mol. The summed E-state index contributed by atoms with van der Waals surface area (Å²) in [7, 11) is -4.13. The summed E-state index contributed by atoms with van der Waals surface area (Å²) >= 11 is 6.00. The van der Waals surface area contributed by atoms with E-state index in [0.717, 1.165) is 25.3 Å². The van der Waals surface area contributed by atoms with Gasteiger partial charge in [0.1, 0.15) is 17.2 Å². The predicted octanol–water partition coefficient (Wildman–Crippen LogP) is 6.06. The molecule has 6 nitrogen and oxygen atoms in total. The molecular weight excluding hydrogens is 510 g/mol. The highest BCUT2D eigenvalue weighted by atomic mass is 35.5. The van der Waals surface area contributed by atoms with E-state index >= 15 is 0 Å². The third-order valence-corrected chi connectivity index (χ3v) is 9.67. The highest BCUT2D eigenvalue weighted by molar-refractivity contribution is 7.89. The van der Waals surface area contributed by atoms with Crippen molar-refractivity contribution in [2.75, 3.05) is 13.1 Å². The Hall–Kier alpha value is -2.23. The zero-order valence-electron chi connectivity index (χ0n) is 19.8. The number of rotatable bonds is 5. The predicted molar refractivity (Wildman–Crippen MR) is 131 cm³/mol. The molecule has 0 aromatic heterocycles. The maximum Gasteiger partial charge on any atom is 0.410 e. The number of amides is 1. The molecule has 5 rings (SSSR count). The van der Waals surface area contributed by atoms with Crippen LogP contribution in [0.4, 0.5) is 13.6 Å². The van der Waals surface area contributed by atoms with Gasteiger partial charge in [-0.25, -0.2) is 22.0 Å². The zero-order valence-corrected chi connectivity index (χ0v) is 21.4. The van der Waals surface area contributed by atoms with Crippen molar-refractivity contribution in [1.82, 2.24) is 9.21 Å². The van der Waals surface area contributed by atoms with Crippen LogP contribution in [0.5, 0.6) is 0 Å². The van der Waals surface area contributed by atoms with Gasteiger partial charge in [0.25, 0.3) is 0 Å². The van der Waals surface area contributed by atoms with Gasteiger partial charge in [-0.3, -0.25) is 0 Å². The van der Waals surface area contributed by atoms with Crippen molar-refractivity contribution in [3.63, 3.8) is 0 Å². The van der Waals surface area contributed by atoms with Gasteiger partial charge >= 0.3 is 6.09 Å². The van der Waals surface area contributed by atoms with Crippen molar-refractivity contribution >= 4 is 27.7 Å². The number of ether oxygens (including phenoxy) is 1. The van der Waals surface area contributed by atoms with Crippen LogP contribution in [0.25, 0.3) is 0 Å². The first kappa shape index (κ1) is 25.4. The van der Waals surface area contributed by atoms with Gasteiger partial charge in [-0.1, -0.05) is 11.6 Å². The highest BCUT2D eigenvalue weighted by Gasteiger charge is 2.60. The van der Waals surface area contributed by atoms with Crippen molar-refractivity contribution in [1.29, 1.82) is 0 Å². The van der Waals surface area contributed by atoms with E-state index in [-0.39, 0.29) is 10.5 Å². The lowest BCUT2D eigenvalue weighted by Gasteiger charge is -2.45. The van der Waals surface area contributed by atoms with Gasteiger partial charge in [0.2, 0.25) is 10.0 Å².